The van der Waals surface area contributed by atoms with Crippen LogP contribution in [0.25, 0.3) is 10.9 Å². The number of hydrogen-bond donors (Lipinski definition) is 3. The molecule has 2 aliphatic heterocycles. The maximum Gasteiger partial charge on any atom is 0.414 e. The highest BCUT2D eigenvalue weighted by molar-refractivity contribution is 5.97. The number of halogens is 2. The molecule has 1 atom stereocenters. The number of pyridine rings is 1. The van der Waals surface area contributed by atoms with E-state index in [9.17, 15) is 34.1 Å². The molecule has 3 aromatic rings. The van der Waals surface area contributed by atoms with Crippen LogP contribution >= 0.6 is 0 Å². The average molecular weight is 616 g/mol. The zero-order valence-electron chi connectivity index (χ0n) is 23.8. The third kappa shape index (κ3) is 5.28. The van der Waals surface area contributed by atoms with E-state index in [-0.39, 0.29) is 80.0 Å². The first-order valence-corrected chi connectivity index (χ1v) is 14.2. The highest BCUT2D eigenvalue weighted by Crippen LogP contribution is 2.44. The number of carbonyl (C=O) groups is 2. The molecule has 1 saturated carbocycles. The van der Waals surface area contributed by atoms with Crippen molar-refractivity contribution >= 4 is 34.3 Å². The van der Waals surface area contributed by atoms with Crippen molar-refractivity contribution in [2.45, 2.75) is 43.4 Å². The quantitative estimate of drug-likeness (QED) is 0.328. The number of amides is 1. The minimum absolute atomic E-state index is 0.0388. The van der Waals surface area contributed by atoms with Gasteiger partial charge in [-0.1, -0.05) is 0 Å². The SMILES string of the molecule is COc1c(N2CCC(O)(COc3ccc(N4C[C@H](CO)OC4=O)cc3F)CC2)c(F)cc2c(=O)c(C(=O)O)cn(C3CC3)c12. The molecule has 44 heavy (non-hydrogen) atoms. The van der Waals surface area contributed by atoms with Crippen molar-refractivity contribution in [2.75, 3.05) is 49.8 Å². The molecule has 6 rings (SSSR count). The smallest absolute Gasteiger partial charge is 0.414 e. The number of aliphatic hydroxyl groups excluding tert-OH is 1. The Balaban J connectivity index is 1.19. The Labute approximate surface area is 249 Å². The third-order valence-corrected chi connectivity index (χ3v) is 8.38. The van der Waals surface area contributed by atoms with E-state index in [0.717, 1.165) is 25.0 Å². The van der Waals surface area contributed by atoms with Gasteiger partial charge < -0.3 is 39.0 Å². The molecule has 3 heterocycles. The van der Waals surface area contributed by atoms with E-state index in [1.54, 1.807) is 9.47 Å². The second kappa shape index (κ2) is 11.2. The molecule has 0 spiro atoms. The number of fused-ring (bicyclic) bond motifs is 1. The summed E-state index contributed by atoms with van der Waals surface area (Å²) in [5, 5.41) is 29.9. The zero-order valence-corrected chi connectivity index (χ0v) is 23.8. The first-order valence-electron chi connectivity index (χ1n) is 14.2. The van der Waals surface area contributed by atoms with Crippen molar-refractivity contribution in [3.05, 3.63) is 57.9 Å². The van der Waals surface area contributed by atoms with Crippen LogP contribution in [0.5, 0.6) is 11.5 Å². The fourth-order valence-electron chi connectivity index (χ4n) is 5.83. The average Bonchev–Trinajstić information content (AvgIpc) is 3.77. The molecule has 3 aliphatic rings. The minimum Gasteiger partial charge on any atom is -0.492 e. The zero-order chi connectivity index (χ0) is 31.3. The Morgan fingerprint density at radius 1 is 1.14 bits per heavy atom. The molecule has 1 aliphatic carbocycles. The van der Waals surface area contributed by atoms with Crippen LogP contribution in [-0.4, -0.2) is 83.6 Å². The van der Waals surface area contributed by atoms with Crippen molar-refractivity contribution in [3.63, 3.8) is 0 Å². The number of carboxylic acids is 1. The van der Waals surface area contributed by atoms with Crippen molar-refractivity contribution in [3.8, 4) is 11.5 Å². The van der Waals surface area contributed by atoms with Crippen LogP contribution in [0.1, 0.15) is 42.1 Å². The van der Waals surface area contributed by atoms with Gasteiger partial charge in [-0.25, -0.2) is 18.4 Å². The van der Waals surface area contributed by atoms with Crippen LogP contribution in [0.15, 0.2) is 35.3 Å². The number of rotatable bonds is 9. The first-order chi connectivity index (χ1) is 21.0. The lowest BCUT2D eigenvalue weighted by Gasteiger charge is -2.39. The van der Waals surface area contributed by atoms with Gasteiger partial charge in [0.25, 0.3) is 0 Å². The van der Waals surface area contributed by atoms with Gasteiger partial charge >= 0.3 is 12.1 Å². The number of carboxylic acid groups (broad SMARTS) is 1. The number of aliphatic hydroxyl groups is 2. The molecule has 12 nitrogen and oxygen atoms in total. The van der Waals surface area contributed by atoms with E-state index in [0.29, 0.717) is 5.52 Å². The monoisotopic (exact) mass is 615 g/mol. The van der Waals surface area contributed by atoms with Crippen LogP contribution in [0.4, 0.5) is 25.0 Å². The highest BCUT2D eigenvalue weighted by atomic mass is 19.1. The lowest BCUT2D eigenvalue weighted by Crippen LogP contribution is -2.48. The Bertz CT molecular complexity index is 1700. The van der Waals surface area contributed by atoms with Crippen LogP contribution in [0.2, 0.25) is 0 Å². The van der Waals surface area contributed by atoms with Gasteiger partial charge in [-0.3, -0.25) is 9.69 Å². The number of ether oxygens (including phenoxy) is 3. The maximum absolute atomic E-state index is 15.6. The van der Waals surface area contributed by atoms with Crippen molar-refractivity contribution in [1.82, 2.24) is 4.57 Å². The molecule has 0 bridgehead atoms. The number of piperidine rings is 1. The van der Waals surface area contributed by atoms with Crippen molar-refractivity contribution < 1.29 is 47.9 Å². The molecule has 234 valence electrons. The standard InChI is InChI=1S/C30H31F2N3O9/c1-42-27-24-19(26(37)20(28(38)39)13-34(24)16-2-3-16)11-22(32)25(27)33-8-6-30(41,7-9-33)15-43-23-5-4-17(10-21(23)31)35-12-18(14-36)44-29(35)40/h4-5,10-11,13,16,18,36,41H,2-3,6-9,12,14-15H2,1H3,(H,38,39)/t18-/m1/s1. The van der Waals surface area contributed by atoms with Gasteiger partial charge in [-0.05, 0) is 43.9 Å². The summed E-state index contributed by atoms with van der Waals surface area (Å²) in [7, 11) is 1.36. The summed E-state index contributed by atoms with van der Waals surface area (Å²) in [6, 6.07) is 4.93. The van der Waals surface area contributed by atoms with Gasteiger partial charge in [0.1, 0.15) is 29.6 Å². The number of nitrogens with zero attached hydrogens (tertiary/aromatic N) is 3. The Morgan fingerprint density at radius 2 is 1.86 bits per heavy atom. The summed E-state index contributed by atoms with van der Waals surface area (Å²) < 4.78 is 48.4. The van der Waals surface area contributed by atoms with Gasteiger partial charge in [-0.15, -0.1) is 0 Å². The van der Waals surface area contributed by atoms with Gasteiger partial charge in [-0.2, -0.15) is 0 Å². The fraction of sp³-hybridized carbons (Fsp3) is 0.433. The minimum atomic E-state index is -1.39. The summed E-state index contributed by atoms with van der Waals surface area (Å²) in [4.78, 5) is 39.6. The molecule has 3 N–H and O–H groups in total. The molecular formula is C30H31F2N3O9. The Morgan fingerprint density at radius 3 is 2.45 bits per heavy atom. The Kier molecular flexibility index (Phi) is 7.58. The van der Waals surface area contributed by atoms with Gasteiger partial charge in [0.2, 0.25) is 5.43 Å². The third-order valence-electron chi connectivity index (χ3n) is 8.38. The van der Waals surface area contributed by atoms with Crippen LogP contribution < -0.4 is 24.7 Å². The normalized spacial score (nSPS) is 19.8. The molecule has 3 fully saturated rings. The van der Waals surface area contributed by atoms with E-state index >= 15 is 4.39 Å². The number of aromatic nitrogens is 1. The molecular weight excluding hydrogens is 584 g/mol. The van der Waals surface area contributed by atoms with Crippen molar-refractivity contribution in [1.29, 1.82) is 0 Å². The first kappa shape index (κ1) is 29.6. The van der Waals surface area contributed by atoms with Gasteiger partial charge in [0, 0.05) is 31.4 Å². The predicted molar refractivity (Wildman–Crippen MR) is 153 cm³/mol. The maximum atomic E-state index is 15.6. The van der Waals surface area contributed by atoms with Gasteiger partial charge in [0.05, 0.1) is 36.9 Å². The lowest BCUT2D eigenvalue weighted by molar-refractivity contribution is -0.0251. The Hall–Kier alpha value is -4.43. The largest absolute Gasteiger partial charge is 0.492 e. The highest BCUT2D eigenvalue weighted by Gasteiger charge is 2.37. The van der Waals surface area contributed by atoms with Gasteiger partial charge in [0.15, 0.2) is 23.1 Å². The summed E-state index contributed by atoms with van der Waals surface area (Å²) >= 11 is 0. The lowest BCUT2D eigenvalue weighted by atomic mass is 9.91. The van der Waals surface area contributed by atoms with Crippen molar-refractivity contribution in [2.24, 2.45) is 0 Å². The summed E-state index contributed by atoms with van der Waals surface area (Å²) in [5.74, 6) is -2.92. The van der Waals surface area contributed by atoms with Crippen LogP contribution in [0.3, 0.4) is 0 Å². The van der Waals surface area contributed by atoms with E-state index in [1.807, 2.05) is 0 Å². The summed E-state index contributed by atoms with van der Waals surface area (Å²) in [6.45, 7) is -0.146. The second-order valence-electron chi connectivity index (χ2n) is 11.4. The van der Waals surface area contributed by atoms with E-state index in [1.165, 1.54) is 30.3 Å². The number of benzene rings is 2. The molecule has 2 aromatic carbocycles. The van der Waals surface area contributed by atoms with Crippen LogP contribution in [0, 0.1) is 11.6 Å². The number of aromatic carboxylic acids is 1. The number of anilines is 2. The van der Waals surface area contributed by atoms with E-state index < -0.39 is 46.4 Å². The molecule has 1 amide bonds. The number of carbonyl (C=O) groups excluding carboxylic acids is 1. The molecule has 1 aromatic heterocycles. The topological polar surface area (TPSA) is 151 Å². The summed E-state index contributed by atoms with van der Waals surface area (Å²) in [5.41, 5.74) is -1.94. The van der Waals surface area contributed by atoms with Crippen LogP contribution in [-0.2, 0) is 4.74 Å². The van der Waals surface area contributed by atoms with E-state index in [2.05, 4.69) is 0 Å². The molecule has 0 radical (unpaired) electrons. The number of methoxy groups -OCH3 is 1. The summed E-state index contributed by atoms with van der Waals surface area (Å²) in [6.07, 6.45) is 1.74. The number of cyclic esters (lactones) is 1. The predicted octanol–water partition coefficient (Wildman–Crippen LogP) is 3.05. The van der Waals surface area contributed by atoms with E-state index in [4.69, 9.17) is 14.2 Å². The molecule has 14 heteroatoms. The second-order valence-corrected chi connectivity index (χ2v) is 11.4. The number of hydrogen-bond acceptors (Lipinski definition) is 9. The molecule has 2 saturated heterocycles. The molecule has 0 unspecified atom stereocenters. The fourth-order valence-corrected chi connectivity index (χ4v) is 5.83.